The minimum atomic E-state index is -0.550. The second-order valence-electron chi connectivity index (χ2n) is 7.13. The summed E-state index contributed by atoms with van der Waals surface area (Å²) in [6.45, 7) is 2.93. The van der Waals surface area contributed by atoms with Crippen LogP contribution in [0.15, 0.2) is 77.8 Å². The normalized spacial score (nSPS) is 10.9. The van der Waals surface area contributed by atoms with Gasteiger partial charge in [0.15, 0.2) is 0 Å². The fraction of sp³-hybridized carbons (Fsp3) is 0.231. The number of ether oxygens (including phenoxy) is 2. The van der Waals surface area contributed by atoms with Crippen molar-refractivity contribution in [1.82, 2.24) is 0 Å². The van der Waals surface area contributed by atoms with Crippen LogP contribution in [0, 0.1) is 5.82 Å². The van der Waals surface area contributed by atoms with E-state index in [9.17, 15) is 9.18 Å². The molecule has 0 heterocycles. The highest BCUT2D eigenvalue weighted by molar-refractivity contribution is 5.91. The monoisotopic (exact) mass is 419 g/mol. The lowest BCUT2D eigenvalue weighted by atomic mass is 10.2. The lowest BCUT2D eigenvalue weighted by Gasteiger charge is -2.06. The van der Waals surface area contributed by atoms with Gasteiger partial charge in [-0.15, -0.1) is 0 Å². The molecule has 0 aliphatic rings. The molecule has 3 aromatic rings. The van der Waals surface area contributed by atoms with Gasteiger partial charge in [-0.05, 0) is 72.6 Å². The van der Waals surface area contributed by atoms with Crippen molar-refractivity contribution in [2.75, 3.05) is 6.61 Å². The summed E-state index contributed by atoms with van der Waals surface area (Å²) in [5, 5.41) is 0. The zero-order valence-electron chi connectivity index (χ0n) is 17.6. The summed E-state index contributed by atoms with van der Waals surface area (Å²) in [6, 6.07) is 20.0. The highest BCUT2D eigenvalue weighted by atomic mass is 19.1. The molecule has 0 aliphatic heterocycles. The molecule has 0 bridgehead atoms. The van der Waals surface area contributed by atoms with Gasteiger partial charge in [0, 0.05) is 12.3 Å². The number of hydrogen-bond acceptors (Lipinski definition) is 4. The van der Waals surface area contributed by atoms with Crippen molar-refractivity contribution in [3.05, 3.63) is 89.7 Å². The maximum atomic E-state index is 13.2. The molecule has 0 saturated heterocycles. The van der Waals surface area contributed by atoms with Crippen LogP contribution in [-0.2, 0) is 0 Å². The third-order valence-electron chi connectivity index (χ3n) is 4.62. The second-order valence-corrected chi connectivity index (χ2v) is 7.13. The largest absolute Gasteiger partial charge is 0.494 e. The van der Waals surface area contributed by atoms with Gasteiger partial charge in [0.1, 0.15) is 17.3 Å². The Bertz CT molecular complexity index is 998. The number of benzene rings is 3. The van der Waals surface area contributed by atoms with Gasteiger partial charge in [-0.1, -0.05) is 32.3 Å². The smallest absolute Gasteiger partial charge is 0.343 e. The van der Waals surface area contributed by atoms with E-state index in [1.54, 1.807) is 30.5 Å². The van der Waals surface area contributed by atoms with Crippen molar-refractivity contribution in [1.29, 1.82) is 0 Å². The Hall–Kier alpha value is -3.47. The lowest BCUT2D eigenvalue weighted by Crippen LogP contribution is -2.08. The van der Waals surface area contributed by atoms with Crippen LogP contribution in [-0.4, -0.2) is 18.8 Å². The number of hydrogen-bond donors (Lipinski definition) is 0. The molecule has 3 aromatic carbocycles. The first-order valence-electron chi connectivity index (χ1n) is 10.5. The highest BCUT2D eigenvalue weighted by Crippen LogP contribution is 2.18. The number of rotatable bonds is 10. The Morgan fingerprint density at radius 2 is 1.71 bits per heavy atom. The number of aliphatic imine (C=N–C) groups is 1. The van der Waals surface area contributed by atoms with Crippen molar-refractivity contribution < 1.29 is 18.7 Å². The van der Waals surface area contributed by atoms with Gasteiger partial charge in [-0.25, -0.2) is 9.18 Å². The van der Waals surface area contributed by atoms with Gasteiger partial charge in [-0.2, -0.15) is 0 Å². The molecule has 0 fully saturated rings. The van der Waals surface area contributed by atoms with Gasteiger partial charge in [-0.3, -0.25) is 4.99 Å². The van der Waals surface area contributed by atoms with E-state index in [2.05, 4.69) is 11.9 Å². The van der Waals surface area contributed by atoms with Crippen LogP contribution in [0.3, 0.4) is 0 Å². The maximum absolute atomic E-state index is 13.2. The maximum Gasteiger partial charge on any atom is 0.343 e. The van der Waals surface area contributed by atoms with E-state index in [0.29, 0.717) is 11.3 Å². The predicted molar refractivity (Wildman–Crippen MR) is 121 cm³/mol. The van der Waals surface area contributed by atoms with Crippen LogP contribution in [0.1, 0.15) is 48.5 Å². The number of nitrogens with zero attached hydrogens (tertiary/aromatic N) is 1. The highest BCUT2D eigenvalue weighted by Gasteiger charge is 2.09. The molecular formula is C26H26FNO3. The fourth-order valence-electron chi connectivity index (χ4n) is 2.90. The average Bonchev–Trinajstić information content (AvgIpc) is 2.79. The third kappa shape index (κ3) is 7.37. The van der Waals surface area contributed by atoms with E-state index in [0.717, 1.165) is 24.3 Å². The molecule has 0 unspecified atom stereocenters. The van der Waals surface area contributed by atoms with E-state index < -0.39 is 11.8 Å². The summed E-state index contributed by atoms with van der Waals surface area (Å²) in [7, 11) is 0. The molecule has 0 spiro atoms. The van der Waals surface area contributed by atoms with Gasteiger partial charge >= 0.3 is 5.97 Å². The molecule has 160 valence electrons. The molecule has 4 nitrogen and oxygen atoms in total. The topological polar surface area (TPSA) is 47.9 Å². The quantitative estimate of drug-likeness (QED) is 0.158. The summed E-state index contributed by atoms with van der Waals surface area (Å²) in [6.07, 6.45) is 6.49. The van der Waals surface area contributed by atoms with Gasteiger partial charge in [0.2, 0.25) is 0 Å². The first kappa shape index (κ1) is 22.2. The SMILES string of the molecule is CCCCCCOc1ccc(C=Nc2ccc(C(=O)Oc3cccc(F)c3)cc2)cc1. The molecule has 0 aromatic heterocycles. The van der Waals surface area contributed by atoms with Crippen molar-refractivity contribution in [2.45, 2.75) is 32.6 Å². The summed E-state index contributed by atoms with van der Waals surface area (Å²) < 4.78 is 24.1. The van der Waals surface area contributed by atoms with Crippen LogP contribution in [0.2, 0.25) is 0 Å². The Kier molecular flexibility index (Phi) is 8.35. The zero-order chi connectivity index (χ0) is 21.9. The third-order valence-corrected chi connectivity index (χ3v) is 4.62. The molecule has 0 aliphatic carbocycles. The fourth-order valence-corrected chi connectivity index (χ4v) is 2.90. The molecular weight excluding hydrogens is 393 g/mol. The Morgan fingerprint density at radius 3 is 2.42 bits per heavy atom. The number of unbranched alkanes of at least 4 members (excludes halogenated alkanes) is 3. The summed E-state index contributed by atoms with van der Waals surface area (Å²) >= 11 is 0. The van der Waals surface area contributed by atoms with Crippen LogP contribution >= 0.6 is 0 Å². The zero-order valence-corrected chi connectivity index (χ0v) is 17.6. The van der Waals surface area contributed by atoms with Crippen LogP contribution in [0.4, 0.5) is 10.1 Å². The van der Waals surface area contributed by atoms with Crippen molar-refractivity contribution in [3.63, 3.8) is 0 Å². The minimum absolute atomic E-state index is 0.167. The number of halogens is 1. The van der Waals surface area contributed by atoms with Crippen LogP contribution < -0.4 is 9.47 Å². The average molecular weight is 419 g/mol. The van der Waals surface area contributed by atoms with Crippen LogP contribution in [0.5, 0.6) is 11.5 Å². The van der Waals surface area contributed by atoms with E-state index in [4.69, 9.17) is 9.47 Å². The van der Waals surface area contributed by atoms with Gasteiger partial charge in [0.05, 0.1) is 17.9 Å². The first-order valence-corrected chi connectivity index (χ1v) is 10.5. The molecule has 0 saturated carbocycles. The number of esters is 1. The Balaban J connectivity index is 1.51. The minimum Gasteiger partial charge on any atom is -0.494 e. The molecule has 31 heavy (non-hydrogen) atoms. The molecule has 5 heteroatoms. The predicted octanol–water partition coefficient (Wildman–Crippen LogP) is 6.75. The Morgan fingerprint density at radius 1 is 0.935 bits per heavy atom. The standard InChI is InChI=1S/C26H26FNO3/c1-2-3-4-5-17-30-24-15-9-20(10-16-24)19-28-23-13-11-21(12-14-23)26(29)31-25-8-6-7-22(27)18-25/h6-16,18-19H,2-5,17H2,1H3. The van der Waals surface area contributed by atoms with Crippen molar-refractivity contribution >= 4 is 17.9 Å². The molecule has 0 N–H and O–H groups in total. The second kappa shape index (κ2) is 11.6. The molecule has 3 rings (SSSR count). The summed E-state index contributed by atoms with van der Waals surface area (Å²) in [5.41, 5.74) is 2.02. The van der Waals surface area contributed by atoms with Crippen molar-refractivity contribution in [2.24, 2.45) is 4.99 Å². The summed E-state index contributed by atoms with van der Waals surface area (Å²) in [5.74, 6) is 0.0169. The first-order chi connectivity index (χ1) is 15.1. The van der Waals surface area contributed by atoms with E-state index >= 15 is 0 Å². The Labute approximate surface area is 182 Å². The number of carbonyl (C=O) groups is 1. The van der Waals surface area contributed by atoms with E-state index in [-0.39, 0.29) is 5.75 Å². The van der Waals surface area contributed by atoms with E-state index in [1.165, 1.54) is 43.5 Å². The van der Waals surface area contributed by atoms with Gasteiger partial charge in [0.25, 0.3) is 0 Å². The van der Waals surface area contributed by atoms with Crippen molar-refractivity contribution in [3.8, 4) is 11.5 Å². The molecule has 0 atom stereocenters. The van der Waals surface area contributed by atoms with Gasteiger partial charge < -0.3 is 9.47 Å². The summed E-state index contributed by atoms with van der Waals surface area (Å²) in [4.78, 5) is 16.6. The van der Waals surface area contributed by atoms with Crippen LogP contribution in [0.25, 0.3) is 0 Å². The number of carbonyl (C=O) groups excluding carboxylic acids is 1. The van der Waals surface area contributed by atoms with E-state index in [1.807, 2.05) is 24.3 Å². The lowest BCUT2D eigenvalue weighted by molar-refractivity contribution is 0.0734. The molecule has 0 radical (unpaired) electrons. The molecule has 0 amide bonds.